The fourth-order valence-corrected chi connectivity index (χ4v) is 4.39. The Labute approximate surface area is 146 Å². The number of hydrogen-bond acceptors (Lipinski definition) is 4. The first-order valence-corrected chi connectivity index (χ1v) is 9.28. The molecule has 0 radical (unpaired) electrons. The molecule has 3 rings (SSSR count). The van der Waals surface area contributed by atoms with Gasteiger partial charge in [-0.2, -0.15) is 0 Å². The van der Waals surface area contributed by atoms with Gasteiger partial charge in [0.15, 0.2) is 0 Å². The van der Waals surface area contributed by atoms with E-state index in [1.165, 1.54) is 12.1 Å². The molecule has 6 nitrogen and oxygen atoms in total. The van der Waals surface area contributed by atoms with Crippen molar-refractivity contribution in [2.45, 2.75) is 25.2 Å². The summed E-state index contributed by atoms with van der Waals surface area (Å²) in [5.41, 5.74) is 2.83. The van der Waals surface area contributed by atoms with Crippen molar-refractivity contribution in [3.8, 4) is 0 Å². The Hall–Kier alpha value is -2.67. The van der Waals surface area contributed by atoms with Crippen LogP contribution in [0.1, 0.15) is 27.9 Å². The zero-order valence-corrected chi connectivity index (χ0v) is 14.8. The predicted molar refractivity (Wildman–Crippen MR) is 93.8 cm³/mol. The number of carbonyl (C=O) groups excluding carboxylic acids is 2. The second-order valence-electron chi connectivity index (χ2n) is 6.00. The third-order valence-corrected chi connectivity index (χ3v) is 5.95. The van der Waals surface area contributed by atoms with E-state index in [-0.39, 0.29) is 29.3 Å². The maximum Gasteiger partial charge on any atom is 0.269 e. The third kappa shape index (κ3) is 3.15. The van der Waals surface area contributed by atoms with Gasteiger partial charge >= 0.3 is 0 Å². The Morgan fingerprint density at radius 2 is 1.84 bits per heavy atom. The summed E-state index contributed by atoms with van der Waals surface area (Å²) in [5, 5.41) is 2.75. The van der Waals surface area contributed by atoms with Crippen LogP contribution < -0.4 is 5.32 Å². The quantitative estimate of drug-likeness (QED) is 0.910. The first-order chi connectivity index (χ1) is 11.8. The first kappa shape index (κ1) is 17.2. The summed E-state index contributed by atoms with van der Waals surface area (Å²) in [5.74, 6) is -0.930. The molecule has 1 aliphatic rings. The lowest BCUT2D eigenvalue weighted by Gasteiger charge is -2.15. The number of sulfonamides is 1. The second kappa shape index (κ2) is 6.33. The molecule has 0 saturated carbocycles. The van der Waals surface area contributed by atoms with E-state index in [0.29, 0.717) is 5.69 Å². The minimum atomic E-state index is -3.87. The SMILES string of the molecule is Cc1ccc(NC(=O)CCN2C(=O)c3ccccc3S2(=O)=O)c(C)c1. The fraction of sp³-hybridized carbons (Fsp3) is 0.222. The van der Waals surface area contributed by atoms with Gasteiger partial charge in [0, 0.05) is 18.7 Å². The number of benzene rings is 2. The van der Waals surface area contributed by atoms with Crippen molar-refractivity contribution in [3.63, 3.8) is 0 Å². The van der Waals surface area contributed by atoms with Crippen LogP contribution in [0.5, 0.6) is 0 Å². The van der Waals surface area contributed by atoms with Crippen molar-refractivity contribution in [1.82, 2.24) is 4.31 Å². The molecule has 1 heterocycles. The maximum absolute atomic E-state index is 12.4. The zero-order valence-electron chi connectivity index (χ0n) is 13.9. The maximum atomic E-state index is 12.4. The van der Waals surface area contributed by atoms with Crippen molar-refractivity contribution in [1.29, 1.82) is 0 Å². The van der Waals surface area contributed by atoms with Gasteiger partial charge in [0.25, 0.3) is 15.9 Å². The van der Waals surface area contributed by atoms with Crippen LogP contribution in [-0.4, -0.2) is 31.1 Å². The molecule has 130 valence electrons. The van der Waals surface area contributed by atoms with Crippen molar-refractivity contribution >= 4 is 27.5 Å². The molecule has 0 unspecified atom stereocenters. The molecule has 7 heteroatoms. The van der Waals surface area contributed by atoms with Gasteiger partial charge in [0.1, 0.15) is 4.90 Å². The first-order valence-electron chi connectivity index (χ1n) is 7.84. The Balaban J connectivity index is 1.70. The standard InChI is InChI=1S/C18H18N2O4S/c1-12-7-8-15(13(2)11-12)19-17(21)9-10-20-18(22)14-5-3-4-6-16(14)25(20,23)24/h3-8,11H,9-10H2,1-2H3,(H,19,21). The summed E-state index contributed by atoms with van der Waals surface area (Å²) < 4.78 is 25.6. The number of nitrogens with zero attached hydrogens (tertiary/aromatic N) is 1. The molecule has 0 spiro atoms. The average molecular weight is 358 g/mol. The van der Waals surface area contributed by atoms with Crippen LogP contribution >= 0.6 is 0 Å². The summed E-state index contributed by atoms with van der Waals surface area (Å²) in [6, 6.07) is 11.7. The largest absolute Gasteiger partial charge is 0.326 e. The van der Waals surface area contributed by atoms with Gasteiger partial charge in [-0.05, 0) is 37.6 Å². The smallest absolute Gasteiger partial charge is 0.269 e. The van der Waals surface area contributed by atoms with Crippen molar-refractivity contribution < 1.29 is 18.0 Å². The van der Waals surface area contributed by atoms with Crippen LogP contribution in [0.15, 0.2) is 47.4 Å². The lowest BCUT2D eigenvalue weighted by molar-refractivity contribution is -0.116. The van der Waals surface area contributed by atoms with E-state index in [2.05, 4.69) is 5.32 Å². The molecule has 0 saturated heterocycles. The number of carbonyl (C=O) groups is 2. The molecular formula is C18H18N2O4S. The monoisotopic (exact) mass is 358 g/mol. The van der Waals surface area contributed by atoms with Crippen molar-refractivity contribution in [2.24, 2.45) is 0 Å². The van der Waals surface area contributed by atoms with Gasteiger partial charge < -0.3 is 5.32 Å². The van der Waals surface area contributed by atoms with E-state index in [1.807, 2.05) is 26.0 Å². The van der Waals surface area contributed by atoms with E-state index in [9.17, 15) is 18.0 Å². The van der Waals surface area contributed by atoms with Crippen LogP contribution in [0, 0.1) is 13.8 Å². The number of fused-ring (bicyclic) bond motifs is 1. The molecule has 0 bridgehead atoms. The van der Waals surface area contributed by atoms with Crippen LogP contribution in [0.4, 0.5) is 5.69 Å². The van der Waals surface area contributed by atoms with Crippen LogP contribution in [-0.2, 0) is 14.8 Å². The molecule has 0 aliphatic carbocycles. The average Bonchev–Trinajstić information content (AvgIpc) is 2.75. The van der Waals surface area contributed by atoms with Gasteiger partial charge in [-0.25, -0.2) is 12.7 Å². The minimum absolute atomic E-state index is 0.00483. The van der Waals surface area contributed by atoms with Gasteiger partial charge in [0.05, 0.1) is 5.56 Å². The van der Waals surface area contributed by atoms with E-state index < -0.39 is 15.9 Å². The summed E-state index contributed by atoms with van der Waals surface area (Å²) in [7, 11) is -3.87. The number of aryl methyl sites for hydroxylation is 2. The molecule has 2 aromatic rings. The zero-order chi connectivity index (χ0) is 18.2. The third-order valence-electron chi connectivity index (χ3n) is 4.11. The van der Waals surface area contributed by atoms with Gasteiger partial charge in [0.2, 0.25) is 5.91 Å². The highest BCUT2D eigenvalue weighted by molar-refractivity contribution is 7.90. The number of rotatable bonds is 4. The molecule has 1 N–H and O–H groups in total. The number of amides is 2. The highest BCUT2D eigenvalue weighted by atomic mass is 32.2. The highest BCUT2D eigenvalue weighted by Crippen LogP contribution is 2.29. The highest BCUT2D eigenvalue weighted by Gasteiger charge is 2.40. The molecule has 0 aromatic heterocycles. The van der Waals surface area contributed by atoms with E-state index in [1.54, 1.807) is 18.2 Å². The number of hydrogen-bond donors (Lipinski definition) is 1. The van der Waals surface area contributed by atoms with E-state index >= 15 is 0 Å². The summed E-state index contributed by atoms with van der Waals surface area (Å²) in [6.45, 7) is 3.65. The lowest BCUT2D eigenvalue weighted by Crippen LogP contribution is -2.33. The summed E-state index contributed by atoms with van der Waals surface area (Å²) in [6.07, 6.45) is -0.105. The molecule has 2 aromatic carbocycles. The number of nitrogens with one attached hydrogen (secondary N) is 1. The molecule has 0 fully saturated rings. The van der Waals surface area contributed by atoms with Crippen molar-refractivity contribution in [2.75, 3.05) is 11.9 Å². The normalized spacial score (nSPS) is 15.1. The van der Waals surface area contributed by atoms with Crippen molar-refractivity contribution in [3.05, 3.63) is 59.2 Å². The van der Waals surface area contributed by atoms with E-state index in [4.69, 9.17) is 0 Å². The minimum Gasteiger partial charge on any atom is -0.326 e. The second-order valence-corrected chi connectivity index (χ2v) is 7.83. The topological polar surface area (TPSA) is 83.6 Å². The summed E-state index contributed by atoms with van der Waals surface area (Å²) >= 11 is 0. The Bertz CT molecular complexity index is 967. The van der Waals surface area contributed by atoms with Gasteiger partial charge in [-0.15, -0.1) is 0 Å². The summed E-state index contributed by atoms with van der Waals surface area (Å²) in [4.78, 5) is 24.4. The molecule has 2 amide bonds. The van der Waals surface area contributed by atoms with Crippen LogP contribution in [0.25, 0.3) is 0 Å². The molecular weight excluding hydrogens is 340 g/mol. The van der Waals surface area contributed by atoms with Crippen LogP contribution in [0.2, 0.25) is 0 Å². The molecule has 0 atom stereocenters. The fourth-order valence-electron chi connectivity index (χ4n) is 2.82. The molecule has 1 aliphatic heterocycles. The Morgan fingerprint density at radius 3 is 2.52 bits per heavy atom. The number of anilines is 1. The molecule has 25 heavy (non-hydrogen) atoms. The van der Waals surface area contributed by atoms with Gasteiger partial charge in [-0.3, -0.25) is 9.59 Å². The predicted octanol–water partition coefficient (Wildman–Crippen LogP) is 2.48. The Morgan fingerprint density at radius 1 is 1.12 bits per heavy atom. The lowest BCUT2D eigenvalue weighted by atomic mass is 10.1. The van der Waals surface area contributed by atoms with E-state index in [0.717, 1.165) is 15.4 Å². The van der Waals surface area contributed by atoms with Crippen LogP contribution in [0.3, 0.4) is 0 Å². The Kier molecular flexibility index (Phi) is 4.34. The van der Waals surface area contributed by atoms with Gasteiger partial charge in [-0.1, -0.05) is 29.8 Å².